The van der Waals surface area contributed by atoms with Crippen LogP contribution in [-0.4, -0.2) is 18.9 Å². The third-order valence-corrected chi connectivity index (χ3v) is 3.31. The van der Waals surface area contributed by atoms with E-state index in [9.17, 15) is 9.59 Å². The van der Waals surface area contributed by atoms with Gasteiger partial charge in [-0.25, -0.2) is 0 Å². The van der Waals surface area contributed by atoms with Crippen LogP contribution in [0.25, 0.3) is 0 Å². The Morgan fingerprint density at radius 1 is 1.09 bits per heavy atom. The van der Waals surface area contributed by atoms with Gasteiger partial charge in [0.05, 0.1) is 19.2 Å². The molecule has 0 saturated heterocycles. The molecule has 0 radical (unpaired) electrons. The maximum absolute atomic E-state index is 12.1. The van der Waals surface area contributed by atoms with Gasteiger partial charge in [0.2, 0.25) is 11.8 Å². The summed E-state index contributed by atoms with van der Waals surface area (Å²) >= 11 is 5.94. The van der Waals surface area contributed by atoms with E-state index >= 15 is 0 Å². The second-order valence-electron chi connectivity index (χ2n) is 4.95. The lowest BCUT2D eigenvalue weighted by Crippen LogP contribution is -2.15. The molecule has 0 aliphatic rings. The zero-order valence-electron chi connectivity index (χ0n) is 12.9. The van der Waals surface area contributed by atoms with Crippen molar-refractivity contribution in [2.75, 3.05) is 17.7 Å². The van der Waals surface area contributed by atoms with E-state index in [2.05, 4.69) is 10.6 Å². The molecule has 0 aliphatic carbocycles. The van der Waals surface area contributed by atoms with Crippen LogP contribution in [0.15, 0.2) is 42.5 Å². The predicted molar refractivity (Wildman–Crippen MR) is 91.1 cm³/mol. The Labute approximate surface area is 139 Å². The summed E-state index contributed by atoms with van der Waals surface area (Å²) in [6.45, 7) is 1.44. The number of rotatable bonds is 5. The van der Waals surface area contributed by atoms with Gasteiger partial charge in [0.15, 0.2) is 0 Å². The highest BCUT2D eigenvalue weighted by Gasteiger charge is 2.09. The van der Waals surface area contributed by atoms with E-state index in [1.165, 1.54) is 14.0 Å². The van der Waals surface area contributed by atoms with Crippen LogP contribution in [-0.2, 0) is 16.0 Å². The fourth-order valence-corrected chi connectivity index (χ4v) is 2.24. The summed E-state index contributed by atoms with van der Waals surface area (Å²) in [6, 6.07) is 12.1. The van der Waals surface area contributed by atoms with Crippen LogP contribution in [0, 0.1) is 0 Å². The monoisotopic (exact) mass is 332 g/mol. The first-order chi connectivity index (χ1) is 11.0. The first kappa shape index (κ1) is 16.8. The number of carbonyl (C=O) groups is 2. The molecule has 0 spiro atoms. The van der Waals surface area contributed by atoms with Gasteiger partial charge in [-0.2, -0.15) is 0 Å². The van der Waals surface area contributed by atoms with Crippen LogP contribution in [0.3, 0.4) is 0 Å². The van der Waals surface area contributed by atoms with E-state index in [1.54, 1.807) is 42.5 Å². The van der Waals surface area contributed by atoms with Gasteiger partial charge >= 0.3 is 0 Å². The van der Waals surface area contributed by atoms with Crippen molar-refractivity contribution in [2.45, 2.75) is 13.3 Å². The molecule has 0 heterocycles. The van der Waals surface area contributed by atoms with E-state index in [-0.39, 0.29) is 18.2 Å². The van der Waals surface area contributed by atoms with E-state index in [4.69, 9.17) is 16.3 Å². The van der Waals surface area contributed by atoms with Crippen molar-refractivity contribution >= 4 is 34.8 Å². The quantitative estimate of drug-likeness (QED) is 0.880. The van der Waals surface area contributed by atoms with Gasteiger partial charge in [-0.05, 0) is 35.9 Å². The zero-order valence-corrected chi connectivity index (χ0v) is 13.6. The fourth-order valence-electron chi connectivity index (χ4n) is 2.07. The largest absolute Gasteiger partial charge is 0.495 e. The van der Waals surface area contributed by atoms with E-state index in [0.717, 1.165) is 5.56 Å². The third-order valence-electron chi connectivity index (χ3n) is 3.07. The van der Waals surface area contributed by atoms with Gasteiger partial charge in [-0.3, -0.25) is 9.59 Å². The molecule has 0 unspecified atom stereocenters. The first-order valence-corrected chi connectivity index (χ1v) is 7.35. The van der Waals surface area contributed by atoms with Crippen molar-refractivity contribution in [1.82, 2.24) is 0 Å². The summed E-state index contributed by atoms with van der Waals surface area (Å²) in [5.41, 5.74) is 2.05. The van der Waals surface area contributed by atoms with Crippen molar-refractivity contribution < 1.29 is 14.3 Å². The highest BCUT2D eigenvalue weighted by Crippen LogP contribution is 2.27. The predicted octanol–water partition coefficient (Wildman–Crippen LogP) is 3.49. The topological polar surface area (TPSA) is 67.4 Å². The smallest absolute Gasteiger partial charge is 0.228 e. The number of benzene rings is 2. The lowest BCUT2D eigenvalue weighted by atomic mass is 10.1. The summed E-state index contributed by atoms with van der Waals surface area (Å²) in [4.78, 5) is 23.1. The van der Waals surface area contributed by atoms with Crippen LogP contribution in [0.5, 0.6) is 5.75 Å². The van der Waals surface area contributed by atoms with Crippen LogP contribution in [0.1, 0.15) is 12.5 Å². The molecule has 2 amide bonds. The Balaban J connectivity index is 2.02. The molecule has 2 aromatic rings. The summed E-state index contributed by atoms with van der Waals surface area (Å²) in [6.07, 6.45) is 0.204. The second kappa shape index (κ2) is 7.65. The van der Waals surface area contributed by atoms with Gasteiger partial charge in [0.1, 0.15) is 5.75 Å². The Bertz CT molecular complexity index is 714. The first-order valence-electron chi connectivity index (χ1n) is 6.98. The maximum atomic E-state index is 12.1. The number of halogens is 1. The van der Waals surface area contributed by atoms with Crippen molar-refractivity contribution in [3.63, 3.8) is 0 Å². The zero-order chi connectivity index (χ0) is 16.8. The Morgan fingerprint density at radius 3 is 2.39 bits per heavy atom. The molecule has 0 atom stereocenters. The Hall–Kier alpha value is -2.53. The average Bonchev–Trinajstić information content (AvgIpc) is 2.49. The van der Waals surface area contributed by atoms with Gasteiger partial charge in [-0.1, -0.05) is 23.7 Å². The minimum atomic E-state index is -0.183. The standard InChI is InChI=1S/C17H17ClN2O3/c1-11(21)19-14-6-3-12(4-7-14)9-17(22)20-15-10-13(18)5-8-16(15)23-2/h3-8,10H,9H2,1-2H3,(H,19,21)(H,20,22). The molecule has 0 aliphatic heterocycles. The maximum Gasteiger partial charge on any atom is 0.228 e. The summed E-state index contributed by atoms with van der Waals surface area (Å²) in [5, 5.41) is 5.97. The molecular formula is C17H17ClN2O3. The lowest BCUT2D eigenvalue weighted by molar-refractivity contribution is -0.116. The van der Waals surface area contributed by atoms with Gasteiger partial charge in [-0.15, -0.1) is 0 Å². The van der Waals surface area contributed by atoms with Crippen LogP contribution >= 0.6 is 11.6 Å². The van der Waals surface area contributed by atoms with Gasteiger partial charge in [0.25, 0.3) is 0 Å². The van der Waals surface area contributed by atoms with E-state index in [0.29, 0.717) is 22.1 Å². The number of ether oxygens (including phenoxy) is 1. The molecule has 0 aromatic heterocycles. The molecule has 5 nitrogen and oxygen atoms in total. The second-order valence-corrected chi connectivity index (χ2v) is 5.38. The van der Waals surface area contributed by atoms with Crippen molar-refractivity contribution in [2.24, 2.45) is 0 Å². The third kappa shape index (κ3) is 5.00. The molecule has 6 heteroatoms. The van der Waals surface area contributed by atoms with Crippen molar-refractivity contribution in [1.29, 1.82) is 0 Å². The minimum absolute atomic E-state index is 0.136. The normalized spacial score (nSPS) is 10.0. The van der Waals surface area contributed by atoms with Crippen molar-refractivity contribution in [3.05, 3.63) is 53.1 Å². The van der Waals surface area contributed by atoms with E-state index in [1.807, 2.05) is 0 Å². The number of anilines is 2. The van der Waals surface area contributed by atoms with E-state index < -0.39 is 0 Å². The minimum Gasteiger partial charge on any atom is -0.495 e. The number of nitrogens with one attached hydrogen (secondary N) is 2. The number of hydrogen-bond donors (Lipinski definition) is 2. The summed E-state index contributed by atoms with van der Waals surface area (Å²) in [7, 11) is 1.53. The SMILES string of the molecule is COc1ccc(Cl)cc1NC(=O)Cc1ccc(NC(C)=O)cc1. The molecule has 2 N–H and O–H groups in total. The molecule has 23 heavy (non-hydrogen) atoms. The molecular weight excluding hydrogens is 316 g/mol. The Morgan fingerprint density at radius 2 is 1.78 bits per heavy atom. The molecule has 120 valence electrons. The molecule has 2 aromatic carbocycles. The summed E-state index contributed by atoms with van der Waals surface area (Å²) < 4.78 is 5.19. The number of hydrogen-bond acceptors (Lipinski definition) is 3. The van der Waals surface area contributed by atoms with Gasteiger partial charge in [0, 0.05) is 17.6 Å². The van der Waals surface area contributed by atoms with Crippen LogP contribution < -0.4 is 15.4 Å². The average molecular weight is 333 g/mol. The number of amides is 2. The fraction of sp³-hybridized carbons (Fsp3) is 0.176. The van der Waals surface area contributed by atoms with Crippen LogP contribution in [0.2, 0.25) is 5.02 Å². The lowest BCUT2D eigenvalue weighted by Gasteiger charge is -2.11. The molecule has 0 saturated carbocycles. The van der Waals surface area contributed by atoms with Crippen LogP contribution in [0.4, 0.5) is 11.4 Å². The Kier molecular flexibility index (Phi) is 5.60. The highest BCUT2D eigenvalue weighted by molar-refractivity contribution is 6.31. The molecule has 0 bridgehead atoms. The number of carbonyl (C=O) groups excluding carboxylic acids is 2. The van der Waals surface area contributed by atoms with Gasteiger partial charge < -0.3 is 15.4 Å². The summed E-state index contributed by atoms with van der Waals surface area (Å²) in [5.74, 6) is 0.227. The highest BCUT2D eigenvalue weighted by atomic mass is 35.5. The number of methoxy groups -OCH3 is 1. The molecule has 2 rings (SSSR count). The molecule has 0 fully saturated rings. The van der Waals surface area contributed by atoms with Crippen molar-refractivity contribution in [3.8, 4) is 5.75 Å².